The molecule has 0 spiro atoms. The van der Waals surface area contributed by atoms with E-state index in [1.165, 1.54) is 6.92 Å². The molecular formula is C27H58N6O12. The van der Waals surface area contributed by atoms with Crippen molar-refractivity contribution in [3.63, 3.8) is 0 Å². The first-order valence-electron chi connectivity index (χ1n) is 14.2. The third kappa shape index (κ3) is 38.6. The van der Waals surface area contributed by atoms with Crippen LogP contribution in [0.1, 0.15) is 74.1 Å². The molecule has 0 aliphatic carbocycles. The van der Waals surface area contributed by atoms with Crippen LogP contribution in [0, 0.1) is 17.8 Å². The van der Waals surface area contributed by atoms with Crippen LogP contribution in [0.3, 0.4) is 0 Å². The van der Waals surface area contributed by atoms with Crippen LogP contribution >= 0.6 is 0 Å². The largest absolute Gasteiger partial charge is 0.480 e. The predicted octanol–water partition coefficient (Wildman–Crippen LogP) is -0.786. The molecule has 268 valence electrons. The predicted molar refractivity (Wildman–Crippen MR) is 167 cm³/mol. The molecule has 1 aliphatic rings. The first-order chi connectivity index (χ1) is 20.4. The number of aliphatic carboxylic acids is 6. The molecule has 6 atom stereocenters. The second kappa shape index (κ2) is 30.6. The summed E-state index contributed by atoms with van der Waals surface area (Å²) >= 11 is 0. The summed E-state index contributed by atoms with van der Waals surface area (Å²) in [6.45, 7) is 13.2. The van der Waals surface area contributed by atoms with E-state index in [0.29, 0.717) is 12.3 Å². The summed E-state index contributed by atoms with van der Waals surface area (Å²) in [5.41, 5.74) is 25.1. The summed E-state index contributed by atoms with van der Waals surface area (Å²) in [6.07, 6.45) is 3.15. The van der Waals surface area contributed by atoms with Gasteiger partial charge in [0.05, 0.1) is 6.54 Å². The minimum atomic E-state index is -0.968. The third-order valence-corrected chi connectivity index (χ3v) is 5.51. The quantitative estimate of drug-likeness (QED) is 0.129. The lowest BCUT2D eigenvalue weighted by molar-refractivity contribution is -0.140. The maximum absolute atomic E-state index is 10.2. The molecule has 1 heterocycles. The Bertz CT molecular complexity index is 825. The SMILES string of the molecule is CC(C)C(N)C(=O)O.CC(C)CC(N)C(=O)O.CC(N)C(=O)O.CCC(C)C(N)C(=O)O.NCC(=O)O.O=C(O)C1CCCN1. The number of carboxylic acids is 6. The van der Waals surface area contributed by atoms with Gasteiger partial charge >= 0.3 is 35.8 Å². The van der Waals surface area contributed by atoms with Gasteiger partial charge in [-0.05, 0) is 50.5 Å². The van der Waals surface area contributed by atoms with E-state index in [2.05, 4.69) is 11.1 Å². The maximum atomic E-state index is 10.2. The molecule has 18 heteroatoms. The molecule has 1 rings (SSSR count). The molecule has 0 saturated carbocycles. The summed E-state index contributed by atoms with van der Waals surface area (Å²) in [6, 6.07) is -3.10. The van der Waals surface area contributed by atoms with E-state index in [9.17, 15) is 28.8 Å². The molecular weight excluding hydrogens is 600 g/mol. The zero-order chi connectivity index (χ0) is 37.0. The van der Waals surface area contributed by atoms with E-state index in [0.717, 1.165) is 25.8 Å². The lowest BCUT2D eigenvalue weighted by Crippen LogP contribution is -2.36. The van der Waals surface area contributed by atoms with Crippen molar-refractivity contribution in [3.8, 4) is 0 Å². The van der Waals surface area contributed by atoms with E-state index >= 15 is 0 Å². The van der Waals surface area contributed by atoms with Gasteiger partial charge in [-0.2, -0.15) is 0 Å². The van der Waals surface area contributed by atoms with E-state index < -0.39 is 60.0 Å². The first-order valence-corrected chi connectivity index (χ1v) is 14.2. The summed E-state index contributed by atoms with van der Waals surface area (Å²) in [7, 11) is 0. The van der Waals surface area contributed by atoms with E-state index in [4.69, 9.17) is 53.6 Å². The highest BCUT2D eigenvalue weighted by Gasteiger charge is 2.20. The highest BCUT2D eigenvalue weighted by atomic mass is 16.4. The molecule has 1 fully saturated rings. The Morgan fingerprint density at radius 2 is 1.13 bits per heavy atom. The molecule has 0 aromatic carbocycles. The van der Waals surface area contributed by atoms with E-state index in [1.54, 1.807) is 13.8 Å². The summed E-state index contributed by atoms with van der Waals surface area (Å²) in [5, 5.41) is 51.6. The topological polar surface area (TPSA) is 366 Å². The van der Waals surface area contributed by atoms with Crippen molar-refractivity contribution in [1.29, 1.82) is 0 Å². The summed E-state index contributed by atoms with van der Waals surface area (Å²) < 4.78 is 0. The molecule has 0 radical (unpaired) electrons. The van der Waals surface area contributed by atoms with Crippen molar-refractivity contribution in [2.75, 3.05) is 13.1 Å². The van der Waals surface area contributed by atoms with Crippen molar-refractivity contribution in [2.24, 2.45) is 46.4 Å². The standard InChI is InChI=1S/2C6H13NO2.C5H9NO2.C5H11NO2.C3H7NO2.C2H5NO2/c1-4(2)3-5(7)6(8)9;1-3-4(2)5(7)6(8)9;7-5(8)4-2-1-3-6-4;1-3(2)4(6)5(7)8;1-2(4)3(5)6;3-1-2(4)5/h2*4-5H,3,7H2,1-2H3,(H,8,9);4,6H,1-3H2,(H,7,8);3-4H,6H2,1-2H3,(H,7,8);2H,4H2,1H3,(H,5,6);1,3H2,(H,4,5). The fraction of sp³-hybridized carbons (Fsp3) is 0.778. The van der Waals surface area contributed by atoms with Crippen molar-refractivity contribution in [1.82, 2.24) is 5.32 Å². The molecule has 6 unspecified atom stereocenters. The average Bonchev–Trinajstić information content (AvgIpc) is 3.48. The van der Waals surface area contributed by atoms with Gasteiger partial charge in [0.15, 0.2) is 0 Å². The van der Waals surface area contributed by atoms with E-state index in [1.807, 2.05) is 27.7 Å². The zero-order valence-corrected chi connectivity index (χ0v) is 27.4. The molecule has 0 aromatic heterocycles. The minimum Gasteiger partial charge on any atom is -0.480 e. The lowest BCUT2D eigenvalue weighted by Gasteiger charge is -2.11. The third-order valence-electron chi connectivity index (χ3n) is 5.51. The first kappa shape index (κ1) is 51.2. The second-order valence-electron chi connectivity index (χ2n) is 10.6. The van der Waals surface area contributed by atoms with Crippen LogP contribution in [0.25, 0.3) is 0 Å². The van der Waals surface area contributed by atoms with Crippen molar-refractivity contribution >= 4 is 35.8 Å². The van der Waals surface area contributed by atoms with Crippen LogP contribution in [-0.2, 0) is 28.8 Å². The van der Waals surface area contributed by atoms with Crippen LogP contribution in [0.4, 0.5) is 0 Å². The van der Waals surface area contributed by atoms with Gasteiger partial charge < -0.3 is 64.6 Å². The molecule has 0 amide bonds. The minimum absolute atomic E-state index is 0.0208. The Kier molecular flexibility index (Phi) is 34.8. The Balaban J connectivity index is -0.000000144. The molecule has 45 heavy (non-hydrogen) atoms. The fourth-order valence-electron chi connectivity index (χ4n) is 2.29. The molecule has 0 aromatic rings. The number of nitrogens with two attached hydrogens (primary N) is 5. The highest BCUT2D eigenvalue weighted by Crippen LogP contribution is 2.04. The number of hydrogen-bond acceptors (Lipinski definition) is 12. The summed E-state index contributed by atoms with van der Waals surface area (Å²) in [5.74, 6) is -4.96. The van der Waals surface area contributed by atoms with E-state index in [-0.39, 0.29) is 24.4 Å². The summed E-state index contributed by atoms with van der Waals surface area (Å²) in [4.78, 5) is 59.3. The molecule has 0 bridgehead atoms. The zero-order valence-electron chi connectivity index (χ0n) is 27.4. The van der Waals surface area contributed by atoms with Gasteiger partial charge in [0.25, 0.3) is 0 Å². The highest BCUT2D eigenvalue weighted by molar-refractivity contribution is 5.74. The monoisotopic (exact) mass is 658 g/mol. The number of rotatable bonds is 11. The number of nitrogens with one attached hydrogen (secondary N) is 1. The number of carbonyl (C=O) groups is 6. The van der Waals surface area contributed by atoms with Crippen molar-refractivity contribution < 1.29 is 59.4 Å². The molecule has 17 N–H and O–H groups in total. The van der Waals surface area contributed by atoms with Gasteiger partial charge in [-0.15, -0.1) is 0 Å². The van der Waals surface area contributed by atoms with Gasteiger partial charge in [0, 0.05) is 0 Å². The Morgan fingerprint density at radius 3 is 1.22 bits per heavy atom. The Morgan fingerprint density at radius 1 is 0.733 bits per heavy atom. The molecule has 1 saturated heterocycles. The average molecular weight is 659 g/mol. The van der Waals surface area contributed by atoms with Gasteiger partial charge in [-0.25, -0.2) is 0 Å². The van der Waals surface area contributed by atoms with Gasteiger partial charge in [-0.3, -0.25) is 28.8 Å². The Hall–Kier alpha value is -3.42. The van der Waals surface area contributed by atoms with Crippen LogP contribution in [0.2, 0.25) is 0 Å². The number of carboxylic acid groups (broad SMARTS) is 6. The fourth-order valence-corrected chi connectivity index (χ4v) is 2.29. The Labute approximate surface area is 264 Å². The normalized spacial score (nSPS) is 16.3. The van der Waals surface area contributed by atoms with Crippen LogP contribution < -0.4 is 34.0 Å². The van der Waals surface area contributed by atoms with Crippen molar-refractivity contribution in [2.45, 2.75) is 104 Å². The van der Waals surface area contributed by atoms with Crippen molar-refractivity contribution in [3.05, 3.63) is 0 Å². The lowest BCUT2D eigenvalue weighted by atomic mass is 10.0. The van der Waals surface area contributed by atoms with Crippen LogP contribution in [0.15, 0.2) is 0 Å². The van der Waals surface area contributed by atoms with Gasteiger partial charge in [0.1, 0.15) is 30.2 Å². The van der Waals surface area contributed by atoms with Gasteiger partial charge in [-0.1, -0.05) is 48.0 Å². The number of hydrogen-bond donors (Lipinski definition) is 12. The second-order valence-corrected chi connectivity index (χ2v) is 10.6. The van der Waals surface area contributed by atoms with Crippen LogP contribution in [-0.4, -0.2) is 110 Å². The molecule has 18 nitrogen and oxygen atoms in total. The maximum Gasteiger partial charge on any atom is 0.320 e. The molecule has 1 aliphatic heterocycles. The van der Waals surface area contributed by atoms with Gasteiger partial charge in [0.2, 0.25) is 0 Å². The smallest absolute Gasteiger partial charge is 0.320 e. The van der Waals surface area contributed by atoms with Crippen LogP contribution in [0.5, 0.6) is 0 Å².